The summed E-state index contributed by atoms with van der Waals surface area (Å²) in [6.07, 6.45) is 0. The summed E-state index contributed by atoms with van der Waals surface area (Å²) in [7, 11) is 0. The minimum absolute atomic E-state index is 0.0975. The Morgan fingerprint density at radius 1 is 0.793 bits per heavy atom. The molecule has 0 aliphatic rings. The number of carbonyl (C=O) groups excluding carboxylic acids is 1. The van der Waals surface area contributed by atoms with Gasteiger partial charge in [0.2, 0.25) is 5.91 Å². The molecule has 3 aromatic rings. The summed E-state index contributed by atoms with van der Waals surface area (Å²) in [4.78, 5) is 11.8. The van der Waals surface area contributed by atoms with Crippen molar-refractivity contribution in [2.24, 2.45) is 0 Å². The van der Waals surface area contributed by atoms with E-state index in [0.717, 1.165) is 34.3 Å². The number of anilines is 1. The van der Waals surface area contributed by atoms with Crippen molar-refractivity contribution in [1.29, 1.82) is 0 Å². The van der Waals surface area contributed by atoms with Crippen molar-refractivity contribution < 1.29 is 13.6 Å². The predicted molar refractivity (Wildman–Crippen MR) is 117 cm³/mol. The van der Waals surface area contributed by atoms with Crippen molar-refractivity contribution in [2.45, 2.75) is 65.2 Å². The average molecular weight is 394 g/mol. The van der Waals surface area contributed by atoms with Crippen LogP contribution >= 0.6 is 0 Å². The molecular weight excluding hydrogens is 362 g/mol. The molecule has 1 amide bonds. The fourth-order valence-corrected chi connectivity index (χ4v) is 3.32. The van der Waals surface area contributed by atoms with Crippen molar-refractivity contribution in [2.75, 3.05) is 5.32 Å². The molecule has 4 heteroatoms. The molecule has 0 saturated carbocycles. The molecule has 0 fully saturated rings. The molecule has 0 unspecified atom stereocenters. The summed E-state index contributed by atoms with van der Waals surface area (Å²) < 4.78 is 12.6. The lowest BCUT2D eigenvalue weighted by Crippen LogP contribution is -2.12. The highest BCUT2D eigenvalue weighted by molar-refractivity contribution is 5.89. The maximum atomic E-state index is 11.8. The van der Waals surface area contributed by atoms with E-state index >= 15 is 0 Å². The first-order valence-corrected chi connectivity index (χ1v) is 10.0. The molecule has 0 atom stereocenters. The maximum absolute atomic E-state index is 11.8. The molecule has 2 heterocycles. The molecule has 0 spiro atoms. The van der Waals surface area contributed by atoms with Crippen LogP contribution in [-0.4, -0.2) is 5.91 Å². The Bertz CT molecular complexity index is 943. The highest BCUT2D eigenvalue weighted by Crippen LogP contribution is 2.40. The molecule has 2 aromatic heterocycles. The monoisotopic (exact) mass is 393 g/mol. The van der Waals surface area contributed by atoms with Gasteiger partial charge in [0.05, 0.1) is 0 Å². The van der Waals surface area contributed by atoms with Crippen molar-refractivity contribution in [3.05, 3.63) is 77.1 Å². The van der Waals surface area contributed by atoms with Gasteiger partial charge in [0.1, 0.15) is 29.0 Å². The molecule has 1 N–H and O–H groups in total. The molecule has 0 aliphatic carbocycles. The quantitative estimate of drug-likeness (QED) is 0.543. The van der Waals surface area contributed by atoms with Gasteiger partial charge in [-0.2, -0.15) is 0 Å². The first-order chi connectivity index (χ1) is 13.5. The van der Waals surface area contributed by atoms with Crippen LogP contribution < -0.4 is 5.32 Å². The van der Waals surface area contributed by atoms with E-state index in [2.05, 4.69) is 46.9 Å². The second-order valence-corrected chi connectivity index (χ2v) is 9.61. The highest BCUT2D eigenvalue weighted by atomic mass is 16.4. The Kier molecular flexibility index (Phi) is 5.48. The van der Waals surface area contributed by atoms with Gasteiger partial charge in [-0.3, -0.25) is 4.79 Å². The van der Waals surface area contributed by atoms with Crippen LogP contribution in [0.1, 0.15) is 83.0 Å². The molecule has 0 radical (unpaired) electrons. The Labute approximate surface area is 173 Å². The van der Waals surface area contributed by atoms with Crippen molar-refractivity contribution >= 4 is 11.6 Å². The molecule has 0 bridgehead atoms. The smallest absolute Gasteiger partial charge is 0.221 e. The van der Waals surface area contributed by atoms with Crippen LogP contribution in [0.15, 0.2) is 57.4 Å². The van der Waals surface area contributed by atoms with Gasteiger partial charge in [-0.15, -0.1) is 0 Å². The Morgan fingerprint density at radius 3 is 1.69 bits per heavy atom. The molecule has 4 nitrogen and oxygen atoms in total. The van der Waals surface area contributed by atoms with Gasteiger partial charge < -0.3 is 14.2 Å². The Morgan fingerprint density at radius 2 is 1.28 bits per heavy atom. The lowest BCUT2D eigenvalue weighted by molar-refractivity contribution is -0.114. The number of carbonyl (C=O) groups is 1. The summed E-state index contributed by atoms with van der Waals surface area (Å²) in [6.45, 7) is 14.3. The zero-order chi connectivity index (χ0) is 21.4. The zero-order valence-corrected chi connectivity index (χ0v) is 18.4. The summed E-state index contributed by atoms with van der Waals surface area (Å²) >= 11 is 0. The third-order valence-electron chi connectivity index (χ3n) is 4.88. The third kappa shape index (κ3) is 4.64. The lowest BCUT2D eigenvalue weighted by atomic mass is 9.92. The lowest BCUT2D eigenvalue weighted by Gasteiger charge is -2.20. The number of nitrogens with one attached hydrogen (secondary N) is 1. The number of amides is 1. The second-order valence-electron chi connectivity index (χ2n) is 9.61. The predicted octanol–water partition coefficient (Wildman–Crippen LogP) is 6.61. The van der Waals surface area contributed by atoms with Crippen LogP contribution in [0.3, 0.4) is 0 Å². The summed E-state index contributed by atoms with van der Waals surface area (Å²) in [5, 5.41) is 2.95. The van der Waals surface area contributed by atoms with Gasteiger partial charge in [-0.25, -0.2) is 0 Å². The molecule has 154 valence electrons. The van der Waals surface area contributed by atoms with E-state index in [0.29, 0.717) is 0 Å². The first-order valence-electron chi connectivity index (χ1n) is 10.0. The van der Waals surface area contributed by atoms with Gasteiger partial charge in [0.25, 0.3) is 0 Å². The van der Waals surface area contributed by atoms with E-state index in [1.165, 1.54) is 6.92 Å². The first kappa shape index (κ1) is 21.0. The van der Waals surface area contributed by atoms with Crippen LogP contribution in [0, 0.1) is 0 Å². The van der Waals surface area contributed by atoms with E-state index in [1.54, 1.807) is 0 Å². The van der Waals surface area contributed by atoms with Gasteiger partial charge in [0, 0.05) is 23.4 Å². The number of rotatable bonds is 4. The minimum atomic E-state index is -0.259. The number of benzene rings is 1. The fourth-order valence-electron chi connectivity index (χ4n) is 3.32. The molecule has 29 heavy (non-hydrogen) atoms. The minimum Gasteiger partial charge on any atom is -0.464 e. The third-order valence-corrected chi connectivity index (χ3v) is 4.88. The largest absolute Gasteiger partial charge is 0.464 e. The fraction of sp³-hybridized carbons (Fsp3) is 0.400. The van der Waals surface area contributed by atoms with Crippen molar-refractivity contribution in [3.63, 3.8) is 0 Å². The summed E-state index contributed by atoms with van der Waals surface area (Å²) in [6, 6.07) is 15.9. The standard InChI is InChI=1S/C25H31NO3/c1-16(27)26-18-11-9-8-10-17(18)23(19-12-14-21(28-19)24(2,3)4)20-13-15-22(29-20)25(5,6)7/h8-15,23H,1-7H3,(H,26,27). The zero-order valence-electron chi connectivity index (χ0n) is 18.4. The number of furan rings is 2. The van der Waals surface area contributed by atoms with Gasteiger partial charge in [-0.1, -0.05) is 59.7 Å². The summed E-state index contributed by atoms with van der Waals surface area (Å²) in [5.41, 5.74) is 1.50. The van der Waals surface area contributed by atoms with Crippen LogP contribution in [-0.2, 0) is 15.6 Å². The molecular formula is C25H31NO3. The van der Waals surface area contributed by atoms with Gasteiger partial charge in [0.15, 0.2) is 0 Å². The van der Waals surface area contributed by atoms with E-state index in [1.807, 2.05) is 48.5 Å². The van der Waals surface area contributed by atoms with Crippen molar-refractivity contribution in [3.8, 4) is 0 Å². The molecule has 3 rings (SSSR count). The Hall–Kier alpha value is -2.75. The van der Waals surface area contributed by atoms with Gasteiger partial charge >= 0.3 is 0 Å². The normalized spacial score (nSPS) is 12.4. The Balaban J connectivity index is 2.17. The number of para-hydroxylation sites is 1. The van der Waals surface area contributed by atoms with Crippen LogP contribution in [0.4, 0.5) is 5.69 Å². The van der Waals surface area contributed by atoms with E-state index in [-0.39, 0.29) is 22.7 Å². The molecule has 1 aromatic carbocycles. The topological polar surface area (TPSA) is 55.4 Å². The highest BCUT2D eigenvalue weighted by Gasteiger charge is 2.29. The van der Waals surface area contributed by atoms with Crippen LogP contribution in [0.5, 0.6) is 0 Å². The van der Waals surface area contributed by atoms with Crippen LogP contribution in [0.2, 0.25) is 0 Å². The molecule has 0 aliphatic heterocycles. The molecule has 0 saturated heterocycles. The number of hydrogen-bond donors (Lipinski definition) is 1. The van der Waals surface area contributed by atoms with E-state index < -0.39 is 0 Å². The van der Waals surface area contributed by atoms with Crippen molar-refractivity contribution in [1.82, 2.24) is 0 Å². The second kappa shape index (κ2) is 7.58. The SMILES string of the molecule is CC(=O)Nc1ccccc1C(c1ccc(C(C)(C)C)o1)c1ccc(C(C)(C)C)o1. The van der Waals surface area contributed by atoms with E-state index in [4.69, 9.17) is 8.83 Å². The average Bonchev–Trinajstić information content (AvgIpc) is 3.25. The van der Waals surface area contributed by atoms with E-state index in [9.17, 15) is 4.79 Å². The number of hydrogen-bond acceptors (Lipinski definition) is 3. The maximum Gasteiger partial charge on any atom is 0.221 e. The summed E-state index contributed by atoms with van der Waals surface area (Å²) in [5.74, 6) is 3.05. The van der Waals surface area contributed by atoms with Gasteiger partial charge in [-0.05, 0) is 35.9 Å². The van der Waals surface area contributed by atoms with Crippen LogP contribution in [0.25, 0.3) is 0 Å².